The SMILES string of the molecule is CC(C)OC(=O)c1ccc(NC(=O)CSc2nnc(-c3cccs3)n2N)cc1. The Bertz CT molecular complexity index is 952. The smallest absolute Gasteiger partial charge is 0.338 e. The fourth-order valence-corrected chi connectivity index (χ4v) is 3.61. The number of thiophene rings is 1. The number of benzene rings is 1. The lowest BCUT2D eigenvalue weighted by Gasteiger charge is -2.09. The molecular formula is C18H19N5O3S2. The van der Waals surface area contributed by atoms with E-state index >= 15 is 0 Å². The lowest BCUT2D eigenvalue weighted by atomic mass is 10.2. The molecule has 10 heteroatoms. The van der Waals surface area contributed by atoms with Crippen LogP contribution in [0.2, 0.25) is 0 Å². The number of aromatic nitrogens is 3. The number of esters is 1. The number of nitrogens with zero attached hydrogens (tertiary/aromatic N) is 3. The Morgan fingerprint density at radius 2 is 2.00 bits per heavy atom. The maximum Gasteiger partial charge on any atom is 0.338 e. The van der Waals surface area contributed by atoms with Gasteiger partial charge in [0.25, 0.3) is 0 Å². The molecule has 0 saturated heterocycles. The van der Waals surface area contributed by atoms with Gasteiger partial charge >= 0.3 is 5.97 Å². The Balaban J connectivity index is 1.54. The second-order valence-electron chi connectivity index (χ2n) is 6.02. The van der Waals surface area contributed by atoms with Crippen LogP contribution < -0.4 is 11.2 Å². The van der Waals surface area contributed by atoms with Gasteiger partial charge in [-0.2, -0.15) is 0 Å². The van der Waals surface area contributed by atoms with Gasteiger partial charge in [0.05, 0.1) is 22.3 Å². The first-order chi connectivity index (χ1) is 13.4. The van der Waals surface area contributed by atoms with Gasteiger partial charge in [-0.05, 0) is 49.6 Å². The van der Waals surface area contributed by atoms with Gasteiger partial charge in [0.2, 0.25) is 11.1 Å². The number of thioether (sulfide) groups is 1. The van der Waals surface area contributed by atoms with E-state index in [0.717, 1.165) is 4.88 Å². The average Bonchev–Trinajstić information content (AvgIpc) is 3.29. The van der Waals surface area contributed by atoms with Crippen LogP contribution in [0.3, 0.4) is 0 Å². The van der Waals surface area contributed by atoms with Crippen LogP contribution in [0.5, 0.6) is 0 Å². The molecule has 0 radical (unpaired) electrons. The zero-order valence-corrected chi connectivity index (χ0v) is 16.9. The maximum atomic E-state index is 12.2. The van der Waals surface area contributed by atoms with Crippen LogP contribution in [0.15, 0.2) is 46.9 Å². The van der Waals surface area contributed by atoms with Gasteiger partial charge in [-0.15, -0.1) is 21.5 Å². The second kappa shape index (κ2) is 8.89. The van der Waals surface area contributed by atoms with E-state index < -0.39 is 5.97 Å². The summed E-state index contributed by atoms with van der Waals surface area (Å²) >= 11 is 2.70. The number of carbonyl (C=O) groups is 2. The van der Waals surface area contributed by atoms with Crippen LogP contribution in [-0.2, 0) is 9.53 Å². The Hall–Kier alpha value is -2.85. The summed E-state index contributed by atoms with van der Waals surface area (Å²) in [5.41, 5.74) is 1.01. The molecule has 0 saturated carbocycles. The third kappa shape index (κ3) is 4.90. The Morgan fingerprint density at radius 3 is 2.64 bits per heavy atom. The number of hydrogen-bond donors (Lipinski definition) is 2. The minimum absolute atomic E-state index is 0.122. The minimum atomic E-state index is -0.396. The first-order valence-electron chi connectivity index (χ1n) is 8.42. The molecule has 28 heavy (non-hydrogen) atoms. The predicted molar refractivity (Wildman–Crippen MR) is 110 cm³/mol. The molecule has 1 aromatic carbocycles. The van der Waals surface area contributed by atoms with Crippen molar-refractivity contribution in [2.75, 3.05) is 16.9 Å². The van der Waals surface area contributed by atoms with Crippen molar-refractivity contribution < 1.29 is 14.3 Å². The summed E-state index contributed by atoms with van der Waals surface area (Å²) in [6.07, 6.45) is -0.186. The second-order valence-corrected chi connectivity index (χ2v) is 7.91. The number of amides is 1. The van der Waals surface area contributed by atoms with E-state index in [4.69, 9.17) is 10.6 Å². The van der Waals surface area contributed by atoms with Gasteiger partial charge in [0.15, 0.2) is 5.82 Å². The number of hydrogen-bond acceptors (Lipinski definition) is 8. The van der Waals surface area contributed by atoms with Crippen LogP contribution in [0.4, 0.5) is 5.69 Å². The van der Waals surface area contributed by atoms with Gasteiger partial charge in [-0.3, -0.25) is 4.79 Å². The third-order valence-corrected chi connectivity index (χ3v) is 5.29. The van der Waals surface area contributed by atoms with E-state index in [1.165, 1.54) is 27.8 Å². The van der Waals surface area contributed by atoms with Crippen molar-refractivity contribution in [2.24, 2.45) is 0 Å². The Kier molecular flexibility index (Phi) is 6.32. The van der Waals surface area contributed by atoms with Crippen LogP contribution >= 0.6 is 23.1 Å². The number of nitrogen functional groups attached to an aromatic ring is 1. The number of nitrogens with one attached hydrogen (secondary N) is 1. The maximum absolute atomic E-state index is 12.2. The molecule has 0 unspecified atom stereocenters. The van der Waals surface area contributed by atoms with Gasteiger partial charge in [0, 0.05) is 5.69 Å². The number of rotatable bonds is 7. The molecule has 1 amide bonds. The number of ether oxygens (including phenoxy) is 1. The summed E-state index contributed by atoms with van der Waals surface area (Å²) in [4.78, 5) is 24.9. The van der Waals surface area contributed by atoms with Crippen molar-refractivity contribution in [3.63, 3.8) is 0 Å². The molecule has 0 aliphatic carbocycles. The summed E-state index contributed by atoms with van der Waals surface area (Å²) in [6, 6.07) is 10.3. The summed E-state index contributed by atoms with van der Waals surface area (Å²) in [5.74, 6) is 6.08. The molecule has 3 rings (SSSR count). The van der Waals surface area contributed by atoms with Crippen molar-refractivity contribution in [3.8, 4) is 10.7 Å². The van der Waals surface area contributed by atoms with E-state index in [0.29, 0.717) is 22.2 Å². The van der Waals surface area contributed by atoms with Crippen LogP contribution in [0.1, 0.15) is 24.2 Å². The number of carbonyl (C=O) groups excluding carboxylic acids is 2. The largest absolute Gasteiger partial charge is 0.459 e. The topological polar surface area (TPSA) is 112 Å². The van der Waals surface area contributed by atoms with Gasteiger partial charge in [-0.1, -0.05) is 17.8 Å². The van der Waals surface area contributed by atoms with E-state index in [9.17, 15) is 9.59 Å². The summed E-state index contributed by atoms with van der Waals surface area (Å²) < 4.78 is 6.50. The van der Waals surface area contributed by atoms with Gasteiger partial charge < -0.3 is 15.9 Å². The molecule has 2 heterocycles. The Morgan fingerprint density at radius 1 is 1.25 bits per heavy atom. The standard InChI is InChI=1S/C18H19N5O3S2/c1-11(2)26-17(25)12-5-7-13(8-6-12)20-15(24)10-28-18-22-21-16(23(18)19)14-4-3-9-27-14/h3-9,11H,10,19H2,1-2H3,(H,20,24). The molecule has 2 aromatic heterocycles. The van der Waals surface area contributed by atoms with Gasteiger partial charge in [-0.25, -0.2) is 9.47 Å². The average molecular weight is 418 g/mol. The summed E-state index contributed by atoms with van der Waals surface area (Å²) in [7, 11) is 0. The predicted octanol–water partition coefficient (Wildman–Crippen LogP) is 3.02. The molecule has 0 bridgehead atoms. The lowest BCUT2D eigenvalue weighted by Crippen LogP contribution is -2.16. The minimum Gasteiger partial charge on any atom is -0.459 e. The highest BCUT2D eigenvalue weighted by Crippen LogP contribution is 2.25. The molecule has 0 atom stereocenters. The van der Waals surface area contributed by atoms with Crippen molar-refractivity contribution in [1.82, 2.24) is 14.9 Å². The van der Waals surface area contributed by atoms with Crippen molar-refractivity contribution in [2.45, 2.75) is 25.1 Å². The van der Waals surface area contributed by atoms with E-state index in [-0.39, 0.29) is 17.8 Å². The highest BCUT2D eigenvalue weighted by Gasteiger charge is 2.15. The quantitative estimate of drug-likeness (QED) is 0.345. The fourth-order valence-electron chi connectivity index (χ4n) is 2.25. The third-order valence-electron chi connectivity index (χ3n) is 3.49. The molecule has 8 nitrogen and oxygen atoms in total. The van der Waals surface area contributed by atoms with Crippen LogP contribution in [0, 0.1) is 0 Å². The molecular weight excluding hydrogens is 398 g/mol. The zero-order valence-electron chi connectivity index (χ0n) is 15.3. The molecule has 0 aliphatic heterocycles. The molecule has 146 valence electrons. The van der Waals surface area contributed by atoms with Crippen molar-refractivity contribution in [1.29, 1.82) is 0 Å². The summed E-state index contributed by atoms with van der Waals surface area (Å²) in [5, 5.41) is 13.2. The van der Waals surface area contributed by atoms with E-state index in [1.54, 1.807) is 38.1 Å². The summed E-state index contributed by atoms with van der Waals surface area (Å²) in [6.45, 7) is 3.57. The Labute approximate surface area is 170 Å². The number of nitrogens with two attached hydrogens (primary N) is 1. The van der Waals surface area contributed by atoms with Crippen LogP contribution in [-0.4, -0.2) is 38.6 Å². The lowest BCUT2D eigenvalue weighted by molar-refractivity contribution is -0.113. The van der Waals surface area contributed by atoms with Crippen molar-refractivity contribution >= 4 is 40.7 Å². The normalized spacial score (nSPS) is 10.8. The molecule has 0 spiro atoms. The van der Waals surface area contributed by atoms with Crippen molar-refractivity contribution in [3.05, 3.63) is 47.3 Å². The fraction of sp³-hybridized carbons (Fsp3) is 0.222. The van der Waals surface area contributed by atoms with Gasteiger partial charge in [0.1, 0.15) is 0 Å². The molecule has 3 N–H and O–H groups in total. The highest BCUT2D eigenvalue weighted by molar-refractivity contribution is 7.99. The van der Waals surface area contributed by atoms with Crippen LogP contribution in [0.25, 0.3) is 10.7 Å². The number of anilines is 1. The first kappa shape index (κ1) is 19.9. The molecule has 0 fully saturated rings. The zero-order chi connectivity index (χ0) is 20.1. The molecule has 0 aliphatic rings. The highest BCUT2D eigenvalue weighted by atomic mass is 32.2. The molecule has 3 aromatic rings. The van der Waals surface area contributed by atoms with E-state index in [1.807, 2.05) is 17.5 Å². The first-order valence-corrected chi connectivity index (χ1v) is 10.3. The monoisotopic (exact) mass is 417 g/mol. The van der Waals surface area contributed by atoms with E-state index in [2.05, 4.69) is 15.5 Å².